The molecule has 2 N–H and O–H groups in total. The largest absolute Gasteiger partial charge is 0.383 e. The monoisotopic (exact) mass is 472 g/mol. The fourth-order valence-electron chi connectivity index (χ4n) is 3.67. The molecule has 0 bridgehead atoms. The number of benzene rings is 2. The number of carbonyl (C=O) groups is 3. The van der Waals surface area contributed by atoms with E-state index in [9.17, 15) is 18.8 Å². The first-order valence-electron chi connectivity index (χ1n) is 10.6. The van der Waals surface area contributed by atoms with Crippen LogP contribution in [0.4, 0.5) is 10.2 Å². The molecule has 0 saturated heterocycles. The first kappa shape index (κ1) is 23.4. The van der Waals surface area contributed by atoms with Crippen molar-refractivity contribution in [3.05, 3.63) is 84.5 Å². The van der Waals surface area contributed by atoms with Crippen molar-refractivity contribution in [1.29, 1.82) is 0 Å². The summed E-state index contributed by atoms with van der Waals surface area (Å²) in [5.74, 6) is -1.86. The van der Waals surface area contributed by atoms with E-state index < -0.39 is 17.6 Å². The van der Waals surface area contributed by atoms with Gasteiger partial charge in [0.1, 0.15) is 23.7 Å². The van der Waals surface area contributed by atoms with Gasteiger partial charge in [-0.1, -0.05) is 24.8 Å². The molecule has 0 aliphatic rings. The van der Waals surface area contributed by atoms with Crippen LogP contribution >= 0.6 is 0 Å². The van der Waals surface area contributed by atoms with Crippen LogP contribution in [0.2, 0.25) is 0 Å². The summed E-state index contributed by atoms with van der Waals surface area (Å²) in [6, 6.07) is 12.3. The molecule has 35 heavy (non-hydrogen) atoms. The van der Waals surface area contributed by atoms with E-state index >= 15 is 0 Å². The zero-order valence-electron chi connectivity index (χ0n) is 18.8. The number of ketones is 1. The van der Waals surface area contributed by atoms with Gasteiger partial charge in [-0.2, -0.15) is 5.10 Å². The summed E-state index contributed by atoms with van der Waals surface area (Å²) < 4.78 is 15.7. The highest BCUT2D eigenvalue weighted by Crippen LogP contribution is 2.31. The van der Waals surface area contributed by atoms with Gasteiger partial charge in [-0.15, -0.1) is 0 Å². The molecule has 2 aromatic heterocycles. The van der Waals surface area contributed by atoms with Gasteiger partial charge in [0.2, 0.25) is 0 Å². The number of carbonyl (C=O) groups excluding carboxylic acids is 3. The van der Waals surface area contributed by atoms with E-state index in [0.717, 1.165) is 17.0 Å². The predicted molar refractivity (Wildman–Crippen MR) is 128 cm³/mol. The Morgan fingerprint density at radius 1 is 1.11 bits per heavy atom. The molecule has 10 heteroatoms. The van der Waals surface area contributed by atoms with Crippen molar-refractivity contribution in [2.24, 2.45) is 0 Å². The number of Topliss-reactive ketones (excluding diaryl/α,β-unsaturated/α-hetero) is 1. The number of imide groups is 1. The van der Waals surface area contributed by atoms with Gasteiger partial charge in [0, 0.05) is 23.2 Å². The van der Waals surface area contributed by atoms with E-state index in [1.54, 1.807) is 30.3 Å². The van der Waals surface area contributed by atoms with Crippen molar-refractivity contribution in [1.82, 2.24) is 24.6 Å². The number of anilines is 1. The molecule has 2 heterocycles. The fourth-order valence-corrected chi connectivity index (χ4v) is 3.67. The molecule has 0 fully saturated rings. The zero-order chi connectivity index (χ0) is 25.1. The molecule has 0 radical (unpaired) electrons. The molecule has 0 unspecified atom stereocenters. The minimum absolute atomic E-state index is 0.0411. The van der Waals surface area contributed by atoms with E-state index in [0.29, 0.717) is 22.2 Å². The second kappa shape index (κ2) is 9.64. The maximum absolute atomic E-state index is 14.3. The van der Waals surface area contributed by atoms with Crippen molar-refractivity contribution in [3.8, 4) is 11.3 Å². The van der Waals surface area contributed by atoms with Gasteiger partial charge in [-0.25, -0.2) is 19.0 Å². The Hall–Kier alpha value is -4.73. The number of nitrogens with two attached hydrogens (primary N) is 1. The Labute approximate surface area is 199 Å². The molecule has 2 amide bonds. The number of hydrogen-bond donors (Lipinski definition) is 1. The van der Waals surface area contributed by atoms with E-state index in [1.807, 2.05) is 0 Å². The van der Waals surface area contributed by atoms with Crippen LogP contribution in [-0.2, 0) is 11.3 Å². The second-order valence-electron chi connectivity index (χ2n) is 7.68. The van der Waals surface area contributed by atoms with Crippen LogP contribution < -0.4 is 5.73 Å². The zero-order valence-corrected chi connectivity index (χ0v) is 18.8. The van der Waals surface area contributed by atoms with E-state index in [1.165, 1.54) is 30.1 Å². The Kier molecular flexibility index (Phi) is 6.45. The second-order valence-corrected chi connectivity index (χ2v) is 7.68. The first-order chi connectivity index (χ1) is 16.8. The molecule has 0 saturated carbocycles. The van der Waals surface area contributed by atoms with Gasteiger partial charge < -0.3 is 5.73 Å². The normalized spacial score (nSPS) is 10.8. The van der Waals surface area contributed by atoms with Crippen LogP contribution in [0.3, 0.4) is 0 Å². The van der Waals surface area contributed by atoms with Crippen molar-refractivity contribution < 1.29 is 18.8 Å². The molecular weight excluding hydrogens is 451 g/mol. The summed E-state index contributed by atoms with van der Waals surface area (Å²) >= 11 is 0. The van der Waals surface area contributed by atoms with Crippen LogP contribution in [0.15, 0.2) is 67.5 Å². The van der Waals surface area contributed by atoms with Crippen molar-refractivity contribution in [3.63, 3.8) is 0 Å². The third-order valence-electron chi connectivity index (χ3n) is 5.38. The molecule has 4 aromatic rings. The minimum Gasteiger partial charge on any atom is -0.383 e. The van der Waals surface area contributed by atoms with E-state index in [2.05, 4.69) is 21.6 Å². The highest BCUT2D eigenvalue weighted by Gasteiger charge is 2.23. The van der Waals surface area contributed by atoms with Gasteiger partial charge in [0.05, 0.1) is 11.9 Å². The van der Waals surface area contributed by atoms with Crippen LogP contribution in [0.25, 0.3) is 22.3 Å². The molecule has 176 valence electrons. The minimum atomic E-state index is -0.609. The lowest BCUT2D eigenvalue weighted by atomic mass is 10.0. The number of amides is 2. The Morgan fingerprint density at radius 2 is 1.86 bits per heavy atom. The predicted octanol–water partition coefficient (Wildman–Crippen LogP) is 3.27. The van der Waals surface area contributed by atoms with Crippen LogP contribution in [0, 0.1) is 5.82 Å². The number of halogens is 1. The summed E-state index contributed by atoms with van der Waals surface area (Å²) in [5.41, 5.74) is 7.54. The highest BCUT2D eigenvalue weighted by molar-refractivity contribution is 6.07. The molecule has 2 aromatic carbocycles. The summed E-state index contributed by atoms with van der Waals surface area (Å²) in [6.45, 7) is 4.85. The molecule has 9 nitrogen and oxygen atoms in total. The summed E-state index contributed by atoms with van der Waals surface area (Å²) in [5, 5.41) is 4.90. The van der Waals surface area contributed by atoms with Crippen molar-refractivity contribution in [2.75, 3.05) is 12.3 Å². The molecule has 0 aliphatic heterocycles. The average molecular weight is 472 g/mol. The lowest BCUT2D eigenvalue weighted by Crippen LogP contribution is -2.38. The first-order valence-corrected chi connectivity index (χ1v) is 10.6. The SMILES string of the molecule is C=CC(=O)N(CCn1nc(-c2cc(F)cc(C(C)=O)c2)c2c(N)ncnc21)C(=O)c1ccccc1. The topological polar surface area (TPSA) is 124 Å². The Morgan fingerprint density at radius 3 is 2.54 bits per heavy atom. The van der Waals surface area contributed by atoms with Crippen LogP contribution in [-0.4, -0.2) is 48.8 Å². The standard InChI is InChI=1S/C25H21FN6O3/c1-3-20(34)31(25(35)16-7-5-4-6-8-16)9-10-32-24-21(23(27)28-14-29-24)22(30-32)18-11-17(15(2)33)12-19(26)13-18/h3-8,11-14H,1,9-10H2,2H3,(H2,27,28,29). The molecular formula is C25H21FN6O3. The summed E-state index contributed by atoms with van der Waals surface area (Å²) in [7, 11) is 0. The van der Waals surface area contributed by atoms with Crippen LogP contribution in [0.1, 0.15) is 27.6 Å². The third kappa shape index (κ3) is 4.67. The maximum Gasteiger partial charge on any atom is 0.260 e. The summed E-state index contributed by atoms with van der Waals surface area (Å²) in [4.78, 5) is 46.6. The molecule has 0 spiro atoms. The number of aromatic nitrogens is 4. The fraction of sp³-hybridized carbons (Fsp3) is 0.120. The average Bonchev–Trinajstić information content (AvgIpc) is 3.24. The van der Waals surface area contributed by atoms with Crippen molar-refractivity contribution >= 4 is 34.4 Å². The van der Waals surface area contributed by atoms with Gasteiger partial charge in [0.25, 0.3) is 11.8 Å². The van der Waals surface area contributed by atoms with Gasteiger partial charge in [0.15, 0.2) is 11.4 Å². The van der Waals surface area contributed by atoms with E-state index in [-0.39, 0.29) is 35.9 Å². The van der Waals surface area contributed by atoms with Gasteiger partial charge in [-0.3, -0.25) is 19.3 Å². The lowest BCUT2D eigenvalue weighted by molar-refractivity contribution is -0.123. The maximum atomic E-state index is 14.3. The number of fused-ring (bicyclic) bond motifs is 1. The van der Waals surface area contributed by atoms with Crippen molar-refractivity contribution in [2.45, 2.75) is 13.5 Å². The molecule has 0 atom stereocenters. The van der Waals surface area contributed by atoms with Gasteiger partial charge >= 0.3 is 0 Å². The smallest absolute Gasteiger partial charge is 0.260 e. The molecule has 0 aliphatic carbocycles. The van der Waals surface area contributed by atoms with Crippen LogP contribution in [0.5, 0.6) is 0 Å². The third-order valence-corrected chi connectivity index (χ3v) is 5.38. The summed E-state index contributed by atoms with van der Waals surface area (Å²) in [6.07, 6.45) is 2.32. The Balaban J connectivity index is 1.75. The number of hydrogen-bond acceptors (Lipinski definition) is 7. The molecule has 4 rings (SSSR count). The Bertz CT molecular complexity index is 1470. The highest BCUT2D eigenvalue weighted by atomic mass is 19.1. The number of nitrogen functional groups attached to an aromatic ring is 1. The quantitative estimate of drug-likeness (QED) is 0.323. The number of rotatable bonds is 7. The van der Waals surface area contributed by atoms with Gasteiger partial charge in [-0.05, 0) is 43.3 Å². The van der Waals surface area contributed by atoms with E-state index in [4.69, 9.17) is 5.73 Å². The number of nitrogens with zero attached hydrogens (tertiary/aromatic N) is 5. The lowest BCUT2D eigenvalue weighted by Gasteiger charge is -2.19.